The lowest BCUT2D eigenvalue weighted by Crippen LogP contribution is -1.91. The molecule has 0 unspecified atom stereocenters. The smallest absolute Gasteiger partial charge is 0.120 e. The zero-order valence-corrected chi connectivity index (χ0v) is 9.73. The second-order valence-electron chi connectivity index (χ2n) is 3.61. The third kappa shape index (κ3) is 5.33. The Balaban J connectivity index is 0.000000921. The normalized spacial score (nSPS) is 9.40. The minimum atomic E-state index is 0.566. The quantitative estimate of drug-likeness (QED) is 0.772. The van der Waals surface area contributed by atoms with Gasteiger partial charge in [-0.1, -0.05) is 38.1 Å². The topological polar surface area (TPSA) is 37.3 Å². The van der Waals surface area contributed by atoms with Crippen LogP contribution < -0.4 is 0 Å². The summed E-state index contributed by atoms with van der Waals surface area (Å²) in [5.41, 5.74) is 2.61. The van der Waals surface area contributed by atoms with Crippen molar-refractivity contribution >= 4 is 6.29 Å². The van der Waals surface area contributed by atoms with Crippen LogP contribution in [-0.2, 0) is 11.2 Å². The fourth-order valence-corrected chi connectivity index (χ4v) is 1.33. The molecule has 0 aliphatic heterocycles. The van der Waals surface area contributed by atoms with Crippen molar-refractivity contribution in [1.29, 1.82) is 0 Å². The number of carbonyl (C=O) groups is 1. The predicted molar refractivity (Wildman–Crippen MR) is 63.1 cm³/mol. The fourth-order valence-electron chi connectivity index (χ4n) is 1.33. The molecule has 15 heavy (non-hydrogen) atoms. The van der Waals surface area contributed by atoms with Crippen LogP contribution in [0.2, 0.25) is 0 Å². The van der Waals surface area contributed by atoms with Gasteiger partial charge in [-0.3, -0.25) is 0 Å². The van der Waals surface area contributed by atoms with Gasteiger partial charge < -0.3 is 9.90 Å². The van der Waals surface area contributed by atoms with Gasteiger partial charge >= 0.3 is 0 Å². The number of rotatable bonds is 4. The summed E-state index contributed by atoms with van der Waals surface area (Å²) in [6.07, 6.45) is 2.47. The Hall–Kier alpha value is -1.15. The van der Waals surface area contributed by atoms with Crippen LogP contribution in [0.1, 0.15) is 37.3 Å². The van der Waals surface area contributed by atoms with Gasteiger partial charge in [-0.25, -0.2) is 0 Å². The summed E-state index contributed by atoms with van der Waals surface area (Å²) in [5, 5.41) is 7.00. The largest absolute Gasteiger partial charge is 0.400 e. The van der Waals surface area contributed by atoms with Crippen LogP contribution in [0.15, 0.2) is 24.3 Å². The summed E-state index contributed by atoms with van der Waals surface area (Å²) in [6.45, 7) is 4.36. The molecule has 2 heteroatoms. The summed E-state index contributed by atoms with van der Waals surface area (Å²) in [4.78, 5) is 10.2. The Morgan fingerprint density at radius 1 is 1.33 bits per heavy atom. The van der Waals surface area contributed by atoms with E-state index in [-0.39, 0.29) is 0 Å². The number of hydrogen-bond acceptors (Lipinski definition) is 2. The first-order valence-corrected chi connectivity index (χ1v) is 5.21. The van der Waals surface area contributed by atoms with E-state index in [1.165, 1.54) is 11.1 Å². The van der Waals surface area contributed by atoms with Gasteiger partial charge in [0.05, 0.1) is 0 Å². The van der Waals surface area contributed by atoms with Gasteiger partial charge in [0, 0.05) is 13.5 Å². The standard InChI is InChI=1S/C12H16O.CH4O/c1-10(2)12-7-3-5-11(9-12)6-4-8-13;1-2/h3,5,7-10H,4,6H2,1-2H3;2H,1H3. The van der Waals surface area contributed by atoms with Crippen molar-refractivity contribution in [2.45, 2.75) is 32.6 Å². The van der Waals surface area contributed by atoms with Crippen molar-refractivity contribution in [3.63, 3.8) is 0 Å². The van der Waals surface area contributed by atoms with Crippen molar-refractivity contribution < 1.29 is 9.90 Å². The Labute approximate surface area is 91.9 Å². The second kappa shape index (κ2) is 8.18. The Morgan fingerprint density at radius 2 is 2.00 bits per heavy atom. The Bertz CT molecular complexity index is 280. The van der Waals surface area contributed by atoms with Crippen molar-refractivity contribution in [1.82, 2.24) is 0 Å². The molecule has 1 aromatic carbocycles. The minimum Gasteiger partial charge on any atom is -0.400 e. The molecule has 0 bridgehead atoms. The van der Waals surface area contributed by atoms with Gasteiger partial charge in [-0.05, 0) is 23.5 Å². The molecule has 84 valence electrons. The highest BCUT2D eigenvalue weighted by Crippen LogP contribution is 2.16. The highest BCUT2D eigenvalue weighted by Gasteiger charge is 1.99. The van der Waals surface area contributed by atoms with Crippen LogP contribution >= 0.6 is 0 Å². The Morgan fingerprint density at radius 3 is 2.53 bits per heavy atom. The molecule has 0 saturated heterocycles. The van der Waals surface area contributed by atoms with Gasteiger partial charge in [-0.2, -0.15) is 0 Å². The van der Waals surface area contributed by atoms with Crippen LogP contribution in [0, 0.1) is 0 Å². The summed E-state index contributed by atoms with van der Waals surface area (Å²) in [6, 6.07) is 8.47. The van der Waals surface area contributed by atoms with Gasteiger partial charge in [0.2, 0.25) is 0 Å². The molecule has 0 saturated carbocycles. The van der Waals surface area contributed by atoms with Crippen molar-refractivity contribution in [3.05, 3.63) is 35.4 Å². The molecule has 2 nitrogen and oxygen atoms in total. The summed E-state index contributed by atoms with van der Waals surface area (Å²) < 4.78 is 0. The third-order valence-corrected chi connectivity index (χ3v) is 2.17. The van der Waals surface area contributed by atoms with E-state index in [4.69, 9.17) is 5.11 Å². The summed E-state index contributed by atoms with van der Waals surface area (Å²) >= 11 is 0. The van der Waals surface area contributed by atoms with Crippen molar-refractivity contribution in [3.8, 4) is 0 Å². The SMILES string of the molecule is CC(C)c1cccc(CCC=O)c1.CO. The van der Waals surface area contributed by atoms with E-state index in [2.05, 4.69) is 38.1 Å². The molecule has 1 rings (SSSR count). The molecule has 0 aromatic heterocycles. The number of aldehydes is 1. The molecule has 1 aromatic rings. The lowest BCUT2D eigenvalue weighted by Gasteiger charge is -2.06. The van der Waals surface area contributed by atoms with Gasteiger partial charge in [0.1, 0.15) is 6.29 Å². The first-order valence-electron chi connectivity index (χ1n) is 5.21. The van der Waals surface area contributed by atoms with Crippen LogP contribution in [0.5, 0.6) is 0 Å². The maximum absolute atomic E-state index is 10.2. The lowest BCUT2D eigenvalue weighted by molar-refractivity contribution is -0.107. The van der Waals surface area contributed by atoms with E-state index in [0.717, 1.165) is 19.8 Å². The van der Waals surface area contributed by atoms with Crippen molar-refractivity contribution in [2.24, 2.45) is 0 Å². The van der Waals surface area contributed by atoms with Crippen LogP contribution in [0.4, 0.5) is 0 Å². The first kappa shape index (κ1) is 13.8. The van der Waals surface area contributed by atoms with E-state index < -0.39 is 0 Å². The second-order valence-corrected chi connectivity index (χ2v) is 3.61. The molecular formula is C13H20O2. The minimum absolute atomic E-state index is 0.566. The number of aliphatic hydroxyl groups excluding tert-OH is 1. The number of benzene rings is 1. The molecule has 0 aliphatic carbocycles. The van der Waals surface area contributed by atoms with Crippen LogP contribution in [-0.4, -0.2) is 18.5 Å². The third-order valence-electron chi connectivity index (χ3n) is 2.17. The van der Waals surface area contributed by atoms with Crippen LogP contribution in [0.3, 0.4) is 0 Å². The molecule has 0 fully saturated rings. The predicted octanol–water partition coefficient (Wildman–Crippen LogP) is 2.55. The Kier molecular flexibility index (Phi) is 7.56. The molecule has 0 radical (unpaired) electrons. The molecule has 0 amide bonds. The number of hydrogen-bond donors (Lipinski definition) is 1. The molecule has 0 spiro atoms. The summed E-state index contributed by atoms with van der Waals surface area (Å²) in [7, 11) is 1.00. The summed E-state index contributed by atoms with van der Waals surface area (Å²) in [5.74, 6) is 0.566. The van der Waals surface area contributed by atoms with E-state index >= 15 is 0 Å². The van der Waals surface area contributed by atoms with E-state index in [9.17, 15) is 4.79 Å². The van der Waals surface area contributed by atoms with E-state index in [1.54, 1.807) is 0 Å². The first-order chi connectivity index (χ1) is 7.24. The average molecular weight is 208 g/mol. The highest BCUT2D eigenvalue weighted by molar-refractivity contribution is 5.50. The van der Waals surface area contributed by atoms with Gasteiger partial charge in [0.15, 0.2) is 0 Å². The lowest BCUT2D eigenvalue weighted by atomic mass is 9.99. The van der Waals surface area contributed by atoms with Crippen molar-refractivity contribution in [2.75, 3.05) is 7.11 Å². The molecule has 1 N–H and O–H groups in total. The maximum atomic E-state index is 10.2. The number of aliphatic hydroxyl groups is 1. The van der Waals surface area contributed by atoms with Gasteiger partial charge in [-0.15, -0.1) is 0 Å². The number of aryl methyl sites for hydroxylation is 1. The maximum Gasteiger partial charge on any atom is 0.120 e. The monoisotopic (exact) mass is 208 g/mol. The zero-order valence-electron chi connectivity index (χ0n) is 9.73. The average Bonchev–Trinajstić information content (AvgIpc) is 2.29. The highest BCUT2D eigenvalue weighted by atomic mass is 16.2. The van der Waals surface area contributed by atoms with E-state index in [1.807, 2.05) is 0 Å². The van der Waals surface area contributed by atoms with Gasteiger partial charge in [0.25, 0.3) is 0 Å². The molecular weight excluding hydrogens is 188 g/mol. The zero-order chi connectivity index (χ0) is 11.7. The molecule has 0 atom stereocenters. The van der Waals surface area contributed by atoms with Crippen LogP contribution in [0.25, 0.3) is 0 Å². The molecule has 0 aliphatic rings. The number of carbonyl (C=O) groups excluding carboxylic acids is 1. The fraction of sp³-hybridized carbons (Fsp3) is 0.462. The van der Waals surface area contributed by atoms with E-state index in [0.29, 0.717) is 12.3 Å². The molecule has 0 heterocycles.